The first-order valence-corrected chi connectivity index (χ1v) is 9.63. The third-order valence-electron chi connectivity index (χ3n) is 4.37. The van der Waals surface area contributed by atoms with Gasteiger partial charge in [-0.05, 0) is 66.1 Å². The van der Waals surface area contributed by atoms with E-state index in [0.717, 1.165) is 22.4 Å². The highest BCUT2D eigenvalue weighted by molar-refractivity contribution is 6.31. The average molecular weight is 425 g/mol. The number of hydrazine groups is 1. The summed E-state index contributed by atoms with van der Waals surface area (Å²) in [5.41, 5.74) is 7.73. The molecule has 0 heterocycles. The SMILES string of the molecule is Cc1cc(OCc2ccc(C(=O)NNC(=O)Cc3ccc(O)cc3)cc2)ccc1Cl. The van der Waals surface area contributed by atoms with Crippen LogP contribution in [0, 0.1) is 6.92 Å². The van der Waals surface area contributed by atoms with Gasteiger partial charge in [0.2, 0.25) is 5.91 Å². The van der Waals surface area contributed by atoms with Crippen LogP contribution in [0.15, 0.2) is 66.7 Å². The minimum atomic E-state index is -0.421. The molecule has 0 bridgehead atoms. The molecule has 3 aromatic rings. The second-order valence-corrected chi connectivity index (χ2v) is 7.15. The van der Waals surface area contributed by atoms with Gasteiger partial charge in [0.05, 0.1) is 6.42 Å². The minimum absolute atomic E-state index is 0.0843. The van der Waals surface area contributed by atoms with Gasteiger partial charge in [-0.2, -0.15) is 0 Å². The van der Waals surface area contributed by atoms with Crippen LogP contribution < -0.4 is 15.6 Å². The van der Waals surface area contributed by atoms with E-state index in [1.807, 2.05) is 13.0 Å². The predicted octanol–water partition coefficient (Wildman–Crippen LogP) is 3.94. The normalized spacial score (nSPS) is 10.3. The number of amides is 2. The van der Waals surface area contributed by atoms with E-state index in [-0.39, 0.29) is 18.1 Å². The average Bonchev–Trinajstić information content (AvgIpc) is 2.75. The van der Waals surface area contributed by atoms with Gasteiger partial charge in [0, 0.05) is 10.6 Å². The van der Waals surface area contributed by atoms with Crippen molar-refractivity contribution in [1.82, 2.24) is 10.9 Å². The molecular weight excluding hydrogens is 404 g/mol. The van der Waals surface area contributed by atoms with Crippen molar-refractivity contribution < 1.29 is 19.4 Å². The summed E-state index contributed by atoms with van der Waals surface area (Å²) in [6, 6.07) is 18.6. The van der Waals surface area contributed by atoms with Crippen molar-refractivity contribution in [3.05, 3.63) is 94.0 Å². The van der Waals surface area contributed by atoms with Crippen molar-refractivity contribution in [1.29, 1.82) is 0 Å². The van der Waals surface area contributed by atoms with Crippen molar-refractivity contribution in [2.45, 2.75) is 20.0 Å². The number of benzene rings is 3. The third-order valence-corrected chi connectivity index (χ3v) is 4.79. The van der Waals surface area contributed by atoms with Crippen LogP contribution in [-0.2, 0) is 17.8 Å². The number of carbonyl (C=O) groups excluding carboxylic acids is 2. The fourth-order valence-corrected chi connectivity index (χ4v) is 2.79. The van der Waals surface area contributed by atoms with Crippen LogP contribution in [0.1, 0.15) is 27.0 Å². The Bertz CT molecular complexity index is 1030. The summed E-state index contributed by atoms with van der Waals surface area (Å²) in [6.45, 7) is 2.26. The lowest BCUT2D eigenvalue weighted by atomic mass is 10.1. The number of rotatable bonds is 6. The van der Waals surface area contributed by atoms with Gasteiger partial charge in [-0.15, -0.1) is 0 Å². The lowest BCUT2D eigenvalue weighted by Crippen LogP contribution is -2.42. The van der Waals surface area contributed by atoms with Gasteiger partial charge >= 0.3 is 0 Å². The highest BCUT2D eigenvalue weighted by atomic mass is 35.5. The molecule has 154 valence electrons. The van der Waals surface area contributed by atoms with Gasteiger partial charge in [-0.1, -0.05) is 35.9 Å². The van der Waals surface area contributed by atoms with E-state index in [1.165, 1.54) is 12.1 Å². The number of nitrogens with one attached hydrogen (secondary N) is 2. The van der Waals surface area contributed by atoms with E-state index >= 15 is 0 Å². The van der Waals surface area contributed by atoms with Crippen LogP contribution in [0.2, 0.25) is 5.02 Å². The van der Waals surface area contributed by atoms with E-state index in [9.17, 15) is 14.7 Å². The Morgan fingerprint density at radius 2 is 1.60 bits per heavy atom. The van der Waals surface area contributed by atoms with E-state index in [2.05, 4.69) is 10.9 Å². The molecule has 0 radical (unpaired) electrons. The Labute approximate surface area is 179 Å². The molecule has 0 atom stereocenters. The maximum absolute atomic E-state index is 12.2. The molecular formula is C23H21ClN2O4. The van der Waals surface area contributed by atoms with Crippen LogP contribution in [0.3, 0.4) is 0 Å². The van der Waals surface area contributed by atoms with Gasteiger partial charge in [0.15, 0.2) is 0 Å². The first-order chi connectivity index (χ1) is 14.4. The van der Waals surface area contributed by atoms with E-state index < -0.39 is 5.91 Å². The molecule has 2 amide bonds. The fourth-order valence-electron chi connectivity index (χ4n) is 2.67. The Kier molecular flexibility index (Phi) is 6.93. The molecule has 0 aliphatic rings. The molecule has 3 rings (SSSR count). The zero-order valence-electron chi connectivity index (χ0n) is 16.3. The Balaban J connectivity index is 1.47. The number of halogens is 1. The molecule has 3 N–H and O–H groups in total. The molecule has 0 aliphatic carbocycles. The second-order valence-electron chi connectivity index (χ2n) is 6.74. The first kappa shape index (κ1) is 21.2. The molecule has 6 nitrogen and oxygen atoms in total. The maximum atomic E-state index is 12.2. The summed E-state index contributed by atoms with van der Waals surface area (Å²) in [7, 11) is 0. The quantitative estimate of drug-likeness (QED) is 0.523. The minimum Gasteiger partial charge on any atom is -0.508 e. The number of carbonyl (C=O) groups is 2. The topological polar surface area (TPSA) is 87.7 Å². The Hall–Kier alpha value is -3.51. The molecule has 30 heavy (non-hydrogen) atoms. The number of ether oxygens (including phenoxy) is 1. The zero-order valence-corrected chi connectivity index (χ0v) is 17.1. The summed E-state index contributed by atoms with van der Waals surface area (Å²) in [4.78, 5) is 24.1. The van der Waals surface area contributed by atoms with Crippen LogP contribution >= 0.6 is 11.6 Å². The molecule has 0 spiro atoms. The van der Waals surface area contributed by atoms with Gasteiger partial charge < -0.3 is 9.84 Å². The predicted molar refractivity (Wildman–Crippen MR) is 114 cm³/mol. The van der Waals surface area contributed by atoms with Gasteiger partial charge in [-0.3, -0.25) is 20.4 Å². The lowest BCUT2D eigenvalue weighted by molar-refractivity contribution is -0.121. The monoisotopic (exact) mass is 424 g/mol. The second kappa shape index (κ2) is 9.80. The van der Waals surface area contributed by atoms with Gasteiger partial charge in [0.25, 0.3) is 5.91 Å². The van der Waals surface area contributed by atoms with E-state index in [0.29, 0.717) is 17.2 Å². The maximum Gasteiger partial charge on any atom is 0.269 e. The summed E-state index contributed by atoms with van der Waals surface area (Å²) in [5, 5.41) is 9.94. The molecule has 0 saturated carbocycles. The largest absolute Gasteiger partial charge is 0.508 e. The van der Waals surface area contributed by atoms with Crippen LogP contribution in [-0.4, -0.2) is 16.9 Å². The Morgan fingerprint density at radius 3 is 2.27 bits per heavy atom. The number of aryl methyl sites for hydroxylation is 1. The Morgan fingerprint density at radius 1 is 0.933 bits per heavy atom. The van der Waals surface area contributed by atoms with Crippen molar-refractivity contribution in [2.24, 2.45) is 0 Å². The zero-order chi connectivity index (χ0) is 21.5. The molecule has 0 saturated heterocycles. The van der Waals surface area contributed by atoms with Gasteiger partial charge in [-0.25, -0.2) is 0 Å². The van der Waals surface area contributed by atoms with E-state index in [1.54, 1.807) is 48.5 Å². The number of aromatic hydroxyl groups is 1. The standard InChI is InChI=1S/C23H21ClN2O4/c1-15-12-20(10-11-21(15)24)30-14-17-2-6-18(7-3-17)23(29)26-25-22(28)13-16-4-8-19(27)9-5-16/h2-12,27H,13-14H2,1H3,(H,25,28)(H,26,29). The first-order valence-electron chi connectivity index (χ1n) is 9.26. The van der Waals surface area contributed by atoms with Gasteiger partial charge in [0.1, 0.15) is 18.1 Å². The fraction of sp³-hybridized carbons (Fsp3) is 0.130. The van der Waals surface area contributed by atoms with E-state index in [4.69, 9.17) is 16.3 Å². The molecule has 7 heteroatoms. The summed E-state index contributed by atoms with van der Waals surface area (Å²) < 4.78 is 5.74. The smallest absolute Gasteiger partial charge is 0.269 e. The van der Waals surface area contributed by atoms with Crippen molar-refractivity contribution in [3.63, 3.8) is 0 Å². The molecule has 0 unspecified atom stereocenters. The number of hydrogen-bond acceptors (Lipinski definition) is 4. The molecule has 0 aliphatic heterocycles. The third kappa shape index (κ3) is 5.99. The highest BCUT2D eigenvalue weighted by Gasteiger charge is 2.09. The summed E-state index contributed by atoms with van der Waals surface area (Å²) >= 11 is 6.01. The molecule has 0 fully saturated rings. The number of hydrogen-bond donors (Lipinski definition) is 3. The number of phenolic OH excluding ortho intramolecular Hbond substituents is 1. The van der Waals surface area contributed by atoms with Crippen molar-refractivity contribution in [2.75, 3.05) is 0 Å². The summed E-state index contributed by atoms with van der Waals surface area (Å²) in [6.07, 6.45) is 0.0843. The van der Waals surface area contributed by atoms with Crippen molar-refractivity contribution >= 4 is 23.4 Å². The number of phenols is 1. The van der Waals surface area contributed by atoms with Crippen molar-refractivity contribution in [3.8, 4) is 11.5 Å². The summed E-state index contributed by atoms with van der Waals surface area (Å²) in [5.74, 6) is 0.0619. The lowest BCUT2D eigenvalue weighted by Gasteiger charge is -2.10. The van der Waals surface area contributed by atoms with Crippen LogP contribution in [0.5, 0.6) is 11.5 Å². The molecule has 3 aromatic carbocycles. The van der Waals surface area contributed by atoms with Crippen LogP contribution in [0.4, 0.5) is 0 Å². The highest BCUT2D eigenvalue weighted by Crippen LogP contribution is 2.22. The molecule has 0 aromatic heterocycles. The van der Waals surface area contributed by atoms with Crippen LogP contribution in [0.25, 0.3) is 0 Å².